The second-order valence-corrected chi connectivity index (χ2v) is 19.9. The molecule has 3 aromatic rings. The Balaban J connectivity index is 1.50. The van der Waals surface area contributed by atoms with Crippen molar-refractivity contribution in [1.29, 1.82) is 10.8 Å². The fourth-order valence-corrected chi connectivity index (χ4v) is 10.6. The minimum Gasteiger partial charge on any atom is -0.370 e. The molecule has 2 fully saturated rings. The molecule has 2 aliphatic rings. The van der Waals surface area contributed by atoms with E-state index >= 15 is 0 Å². The Morgan fingerprint density at radius 3 is 2.11 bits per heavy atom. The highest BCUT2D eigenvalue weighted by Gasteiger charge is 2.40. The molecular formula is C46H65N15O8S2. The number of amides is 8. The number of carbonyl (C=O) groups excluding carboxylic acids is 8. The van der Waals surface area contributed by atoms with E-state index in [-0.39, 0.29) is 88.0 Å². The maximum Gasteiger partial charge on any atom is 0.245 e. The van der Waals surface area contributed by atoms with Gasteiger partial charge in [-0.05, 0) is 62.1 Å². The molecule has 2 aliphatic heterocycles. The van der Waals surface area contributed by atoms with Crippen LogP contribution in [0.4, 0.5) is 0 Å². The van der Waals surface area contributed by atoms with Gasteiger partial charge >= 0.3 is 0 Å². The summed E-state index contributed by atoms with van der Waals surface area (Å²) in [7, 11) is 2.42. The molecule has 0 aliphatic carbocycles. The van der Waals surface area contributed by atoms with E-state index in [9.17, 15) is 38.4 Å². The molecule has 7 atom stereocenters. The largest absolute Gasteiger partial charge is 0.370 e. The smallest absolute Gasteiger partial charge is 0.245 e. The van der Waals surface area contributed by atoms with Crippen LogP contribution in [0.2, 0.25) is 0 Å². The van der Waals surface area contributed by atoms with Gasteiger partial charge in [0.05, 0.1) is 0 Å². The van der Waals surface area contributed by atoms with Crippen molar-refractivity contribution in [2.45, 2.75) is 107 Å². The first-order valence-electron chi connectivity index (χ1n) is 23.4. The van der Waals surface area contributed by atoms with Crippen molar-refractivity contribution in [2.24, 2.45) is 17.2 Å². The number of fused-ring (bicyclic) bond motifs is 2. The Morgan fingerprint density at radius 1 is 0.775 bits per heavy atom. The zero-order valence-electron chi connectivity index (χ0n) is 39.5. The van der Waals surface area contributed by atoms with Gasteiger partial charge in [-0.2, -0.15) is 0 Å². The van der Waals surface area contributed by atoms with Crippen LogP contribution in [-0.4, -0.2) is 142 Å². The highest BCUT2D eigenvalue weighted by Crippen LogP contribution is 2.26. The SMILES string of the molecule is CC(=O)N[C@@H](CCCNC(=N)N)C(=O)N[C@H]1CCSSC[C@@H](C(N)=O)NC(=O)[C@H](Cc2c[nH]c3ccccc23)NC(=O)[C@H](CCCNC(=N)N)NC(=O)[C@@H](Cc2ccccc2)NC(=O)[C@@H]2CCCN2C1=O. The van der Waals surface area contributed by atoms with Gasteiger partial charge in [0.25, 0.3) is 0 Å². The van der Waals surface area contributed by atoms with Gasteiger partial charge in [0, 0.05) is 68.0 Å². The molecule has 5 rings (SSSR count). The molecule has 0 saturated carbocycles. The summed E-state index contributed by atoms with van der Waals surface area (Å²) in [5.41, 5.74) is 18.9. The molecule has 0 spiro atoms. The lowest BCUT2D eigenvalue weighted by Gasteiger charge is -2.31. The van der Waals surface area contributed by atoms with Gasteiger partial charge in [0.2, 0.25) is 47.3 Å². The maximum atomic E-state index is 14.6. The number of nitrogens with one attached hydrogen (secondary N) is 11. The second-order valence-electron chi connectivity index (χ2n) is 17.3. The van der Waals surface area contributed by atoms with Gasteiger partial charge in [-0.15, -0.1) is 0 Å². The number of aromatic amines is 1. The summed E-state index contributed by atoms with van der Waals surface area (Å²) in [5.74, 6) is -5.79. The minimum absolute atomic E-state index is 0.000828. The summed E-state index contributed by atoms with van der Waals surface area (Å²) in [4.78, 5) is 116. The molecule has 1 aromatic heterocycles. The van der Waals surface area contributed by atoms with E-state index in [1.54, 1.807) is 36.5 Å². The van der Waals surface area contributed by atoms with E-state index < -0.39 is 89.6 Å². The fraction of sp³-hybridized carbons (Fsp3) is 0.478. The molecular weight excluding hydrogens is 955 g/mol. The molecule has 25 heteroatoms. The van der Waals surface area contributed by atoms with Crippen LogP contribution in [0.1, 0.15) is 63.0 Å². The maximum absolute atomic E-state index is 14.6. The Kier molecular flexibility index (Phi) is 21.2. The summed E-state index contributed by atoms with van der Waals surface area (Å²) in [6, 6.07) is 7.86. The van der Waals surface area contributed by atoms with Crippen LogP contribution in [0.5, 0.6) is 0 Å². The van der Waals surface area contributed by atoms with Crippen molar-refractivity contribution in [3.63, 3.8) is 0 Å². The van der Waals surface area contributed by atoms with Crippen LogP contribution in [0, 0.1) is 10.8 Å². The third-order valence-electron chi connectivity index (χ3n) is 11.9. The highest BCUT2D eigenvalue weighted by atomic mass is 33.1. The number of benzene rings is 2. The first kappa shape index (κ1) is 54.9. The standard InChI is InChI=1S/C46H65N15O8S2/c1-26(62)55-31(14-7-18-52-45(48)49)39(64)57-33-17-21-70-71-25-36(38(47)63)60-42(67)35(23-28-24-54-30-13-6-5-12-29(28)30)58-40(65)32(15-8-19-53-46(50)51)56-41(66)34(22-27-10-3-2-4-11-27)59-43(68)37-16-9-20-61(37)44(33)69/h2-6,10-13,24,31-37,54H,7-9,14-23,25H2,1H3,(H2,47,63)(H,55,62)(H,56,66)(H,57,64)(H,58,65)(H,59,68)(H,60,67)(H4,48,49,52)(H4,50,51,53)/t31-,32-,33-,34+,35-,36-,37-/m0/s1. The molecule has 8 amide bonds. The average Bonchev–Trinajstić information content (AvgIpc) is 3.99. The Hall–Kier alpha value is -7.02. The molecule has 0 radical (unpaired) electrons. The third kappa shape index (κ3) is 17.1. The molecule has 384 valence electrons. The number of hydrogen-bond acceptors (Lipinski definition) is 12. The van der Waals surface area contributed by atoms with Crippen molar-refractivity contribution in [2.75, 3.05) is 31.1 Å². The average molecular weight is 1020 g/mol. The molecule has 3 heterocycles. The first-order valence-corrected chi connectivity index (χ1v) is 25.9. The fourth-order valence-electron chi connectivity index (χ4n) is 8.28. The molecule has 2 aromatic carbocycles. The van der Waals surface area contributed by atoms with E-state index in [1.165, 1.54) is 33.4 Å². The number of nitrogens with two attached hydrogens (primary N) is 3. The summed E-state index contributed by atoms with van der Waals surface area (Å²) >= 11 is 0. The van der Waals surface area contributed by atoms with Crippen LogP contribution in [-0.2, 0) is 51.2 Å². The van der Waals surface area contributed by atoms with Gasteiger partial charge < -0.3 is 69.6 Å². The number of para-hydroxylation sites is 1. The van der Waals surface area contributed by atoms with Gasteiger partial charge in [-0.3, -0.25) is 49.2 Å². The third-order valence-corrected chi connectivity index (χ3v) is 14.3. The Morgan fingerprint density at radius 2 is 1.41 bits per heavy atom. The van der Waals surface area contributed by atoms with Crippen molar-refractivity contribution in [3.8, 4) is 0 Å². The summed E-state index contributed by atoms with van der Waals surface area (Å²) in [6.45, 7) is 1.81. The Bertz CT molecular complexity index is 2390. The highest BCUT2D eigenvalue weighted by molar-refractivity contribution is 8.76. The van der Waals surface area contributed by atoms with Gasteiger partial charge in [-0.25, -0.2) is 0 Å². The van der Waals surface area contributed by atoms with Crippen LogP contribution in [0.15, 0.2) is 60.8 Å². The number of hydrogen-bond donors (Lipinski definition) is 14. The van der Waals surface area contributed by atoms with Crippen LogP contribution >= 0.6 is 21.6 Å². The lowest BCUT2D eigenvalue weighted by molar-refractivity contribution is -0.142. The lowest BCUT2D eigenvalue weighted by atomic mass is 10.0. The van der Waals surface area contributed by atoms with Gasteiger partial charge in [0.1, 0.15) is 42.3 Å². The van der Waals surface area contributed by atoms with Crippen molar-refractivity contribution < 1.29 is 38.4 Å². The number of nitrogens with zero attached hydrogens (tertiary/aromatic N) is 1. The molecule has 0 unspecified atom stereocenters. The van der Waals surface area contributed by atoms with Gasteiger partial charge in [-0.1, -0.05) is 70.1 Å². The van der Waals surface area contributed by atoms with E-state index in [4.69, 9.17) is 28.0 Å². The summed E-state index contributed by atoms with van der Waals surface area (Å²) in [6.07, 6.45) is 3.07. The number of H-pyrrole nitrogens is 1. The quantitative estimate of drug-likeness (QED) is 0.0342. The topological polar surface area (TPSA) is 378 Å². The minimum atomic E-state index is -1.29. The van der Waals surface area contributed by atoms with Crippen molar-refractivity contribution in [1.82, 2.24) is 52.4 Å². The van der Waals surface area contributed by atoms with E-state index in [2.05, 4.69) is 47.5 Å². The number of aromatic nitrogens is 1. The summed E-state index contributed by atoms with van der Waals surface area (Å²) in [5, 5.41) is 37.7. The number of guanidine groups is 2. The van der Waals surface area contributed by atoms with Crippen LogP contribution in [0.25, 0.3) is 10.9 Å². The van der Waals surface area contributed by atoms with Crippen molar-refractivity contribution >= 4 is 91.7 Å². The number of primary amides is 1. The zero-order valence-corrected chi connectivity index (χ0v) is 41.1. The molecule has 2 saturated heterocycles. The summed E-state index contributed by atoms with van der Waals surface area (Å²) < 4.78 is 0. The predicted molar refractivity (Wildman–Crippen MR) is 271 cm³/mol. The van der Waals surface area contributed by atoms with E-state index in [0.717, 1.165) is 10.9 Å². The molecule has 0 bridgehead atoms. The normalized spacial score (nSPS) is 22.3. The monoisotopic (exact) mass is 1020 g/mol. The Labute approximate surface area is 419 Å². The lowest BCUT2D eigenvalue weighted by Crippen LogP contribution is -2.60. The van der Waals surface area contributed by atoms with Crippen LogP contribution in [0.3, 0.4) is 0 Å². The zero-order chi connectivity index (χ0) is 51.5. The molecule has 23 nitrogen and oxygen atoms in total. The molecule has 17 N–H and O–H groups in total. The predicted octanol–water partition coefficient (Wildman–Crippen LogP) is -1.33. The number of carbonyl (C=O) groups is 8. The molecule has 71 heavy (non-hydrogen) atoms. The van der Waals surface area contributed by atoms with Gasteiger partial charge in [0.15, 0.2) is 11.9 Å². The van der Waals surface area contributed by atoms with E-state index in [1.807, 2.05) is 24.3 Å². The van der Waals surface area contributed by atoms with Crippen LogP contribution < -0.4 is 59.7 Å². The number of rotatable bonds is 16. The second kappa shape index (κ2) is 27.4. The van der Waals surface area contributed by atoms with Crippen molar-refractivity contribution in [3.05, 3.63) is 71.9 Å². The van der Waals surface area contributed by atoms with E-state index in [0.29, 0.717) is 24.0 Å². The first-order chi connectivity index (χ1) is 34.0.